The lowest BCUT2D eigenvalue weighted by Crippen LogP contribution is -2.45. The second-order valence-corrected chi connectivity index (χ2v) is 8.58. The number of rotatable bonds is 8. The Hall–Kier alpha value is -3.29. The first-order valence-electron chi connectivity index (χ1n) is 11.3. The molecule has 0 saturated heterocycles. The van der Waals surface area contributed by atoms with E-state index in [-0.39, 0.29) is 5.92 Å². The molecule has 0 radical (unpaired) electrons. The monoisotopic (exact) mass is 438 g/mol. The van der Waals surface area contributed by atoms with Crippen molar-refractivity contribution >= 4 is 23.3 Å². The number of nitrogens with one attached hydrogen (secondary N) is 2. The number of carboxylic acid groups (broad SMARTS) is 1. The van der Waals surface area contributed by atoms with Gasteiger partial charge in [-0.25, -0.2) is 9.78 Å². The number of aromatic nitrogens is 2. The van der Waals surface area contributed by atoms with Crippen LogP contribution < -0.4 is 10.6 Å². The highest BCUT2D eigenvalue weighted by Crippen LogP contribution is 2.32. The average Bonchev–Trinajstić information content (AvgIpc) is 3.45. The highest BCUT2D eigenvalue weighted by atomic mass is 16.4. The second kappa shape index (κ2) is 9.46. The van der Waals surface area contributed by atoms with Crippen LogP contribution in [0.1, 0.15) is 62.7 Å². The summed E-state index contributed by atoms with van der Waals surface area (Å²) in [6, 6.07) is 6.49. The van der Waals surface area contributed by atoms with Crippen molar-refractivity contribution in [3.63, 3.8) is 0 Å². The Morgan fingerprint density at radius 3 is 2.72 bits per heavy atom. The van der Waals surface area contributed by atoms with Gasteiger partial charge in [-0.1, -0.05) is 39.5 Å². The van der Waals surface area contributed by atoms with Crippen LogP contribution in [0.3, 0.4) is 0 Å². The summed E-state index contributed by atoms with van der Waals surface area (Å²) in [5.74, 6) is -0.140. The summed E-state index contributed by atoms with van der Waals surface area (Å²) >= 11 is 0. The highest BCUT2D eigenvalue weighted by Gasteiger charge is 2.26. The summed E-state index contributed by atoms with van der Waals surface area (Å²) in [7, 11) is 0. The van der Waals surface area contributed by atoms with Crippen LogP contribution in [0.4, 0.5) is 5.82 Å². The second-order valence-electron chi connectivity index (χ2n) is 8.58. The molecule has 8 nitrogen and oxygen atoms in total. The number of aliphatic carboxylic acids is 1. The maximum Gasteiger partial charge on any atom is 0.326 e. The van der Waals surface area contributed by atoms with Gasteiger partial charge in [0, 0.05) is 17.8 Å². The number of imidazole rings is 1. The summed E-state index contributed by atoms with van der Waals surface area (Å²) in [5, 5.41) is 15.8. The maximum atomic E-state index is 12.8. The van der Waals surface area contributed by atoms with Crippen molar-refractivity contribution < 1.29 is 19.1 Å². The Labute approximate surface area is 187 Å². The van der Waals surface area contributed by atoms with Crippen LogP contribution in [0.2, 0.25) is 0 Å². The van der Waals surface area contributed by atoms with Crippen LogP contribution in [0.5, 0.6) is 0 Å². The number of amides is 1. The molecule has 1 aliphatic rings. The Bertz CT molecular complexity index is 1080. The van der Waals surface area contributed by atoms with Crippen molar-refractivity contribution in [2.75, 3.05) is 5.32 Å². The predicted molar refractivity (Wildman–Crippen MR) is 122 cm³/mol. The molecule has 3 aromatic heterocycles. The normalized spacial score (nSPS) is 16.6. The lowest BCUT2D eigenvalue weighted by atomic mass is 9.95. The molecule has 1 aliphatic carbocycles. The zero-order valence-electron chi connectivity index (χ0n) is 18.5. The molecule has 2 unspecified atom stereocenters. The average molecular weight is 439 g/mol. The lowest BCUT2D eigenvalue weighted by Gasteiger charge is -2.24. The van der Waals surface area contributed by atoms with Gasteiger partial charge in [-0.3, -0.25) is 9.20 Å². The van der Waals surface area contributed by atoms with Gasteiger partial charge in [-0.2, -0.15) is 0 Å². The number of nitrogens with zero attached hydrogens (tertiary/aromatic N) is 2. The summed E-state index contributed by atoms with van der Waals surface area (Å²) in [5.41, 5.74) is 1.66. The largest absolute Gasteiger partial charge is 0.480 e. The van der Waals surface area contributed by atoms with Gasteiger partial charge in [0.25, 0.3) is 5.91 Å². The van der Waals surface area contributed by atoms with E-state index in [0.29, 0.717) is 35.1 Å². The third-order valence-corrected chi connectivity index (χ3v) is 6.35. The molecular formula is C24H30N4O4. The molecule has 3 aromatic rings. The van der Waals surface area contributed by atoms with E-state index in [1.165, 1.54) is 19.3 Å². The maximum absolute atomic E-state index is 12.8. The number of hydrogen-bond donors (Lipinski definition) is 3. The molecule has 170 valence electrons. The van der Waals surface area contributed by atoms with Crippen LogP contribution in [-0.2, 0) is 4.79 Å². The molecule has 0 aromatic carbocycles. The summed E-state index contributed by atoms with van der Waals surface area (Å²) in [6.45, 7) is 3.72. The molecule has 1 saturated carbocycles. The van der Waals surface area contributed by atoms with Crippen molar-refractivity contribution in [1.82, 2.24) is 14.7 Å². The molecular weight excluding hydrogens is 408 g/mol. The number of carboxylic acids is 1. The summed E-state index contributed by atoms with van der Waals surface area (Å²) < 4.78 is 7.54. The third-order valence-electron chi connectivity index (χ3n) is 6.35. The van der Waals surface area contributed by atoms with E-state index in [9.17, 15) is 14.7 Å². The van der Waals surface area contributed by atoms with E-state index in [2.05, 4.69) is 10.6 Å². The fourth-order valence-electron chi connectivity index (χ4n) is 4.26. The highest BCUT2D eigenvalue weighted by molar-refractivity contribution is 5.97. The Morgan fingerprint density at radius 2 is 2.06 bits per heavy atom. The standard InChI is InChI=1S/C24H30N4O4/c1-3-15(2)20(24(30)31)27-23(29)16-11-12-28-19(14-16)26-21(18-10-7-13-32-18)22(28)25-17-8-5-4-6-9-17/h7,10-15,17,20,25H,3-6,8-9H2,1-2H3,(H,27,29)(H,30,31). The summed E-state index contributed by atoms with van der Waals surface area (Å²) in [4.78, 5) is 29.2. The van der Waals surface area contributed by atoms with E-state index < -0.39 is 17.9 Å². The van der Waals surface area contributed by atoms with Gasteiger partial charge in [0.1, 0.15) is 23.2 Å². The van der Waals surface area contributed by atoms with Crippen LogP contribution >= 0.6 is 0 Å². The quantitative estimate of drug-likeness (QED) is 0.475. The molecule has 3 heterocycles. The van der Waals surface area contributed by atoms with Gasteiger partial charge in [-0.05, 0) is 43.0 Å². The number of carbonyl (C=O) groups excluding carboxylic acids is 1. The smallest absolute Gasteiger partial charge is 0.326 e. The number of anilines is 1. The van der Waals surface area contributed by atoms with Crippen molar-refractivity contribution in [1.29, 1.82) is 0 Å². The van der Waals surface area contributed by atoms with Crippen molar-refractivity contribution in [2.24, 2.45) is 5.92 Å². The van der Waals surface area contributed by atoms with Crippen molar-refractivity contribution in [2.45, 2.75) is 64.5 Å². The van der Waals surface area contributed by atoms with E-state index >= 15 is 0 Å². The Balaban J connectivity index is 1.66. The fourth-order valence-corrected chi connectivity index (χ4v) is 4.26. The first-order valence-corrected chi connectivity index (χ1v) is 11.3. The van der Waals surface area contributed by atoms with Gasteiger partial charge in [-0.15, -0.1) is 0 Å². The van der Waals surface area contributed by atoms with Crippen molar-refractivity contribution in [3.05, 3.63) is 42.3 Å². The van der Waals surface area contributed by atoms with Gasteiger partial charge >= 0.3 is 5.97 Å². The van der Waals surface area contributed by atoms with E-state index in [1.54, 1.807) is 24.6 Å². The lowest BCUT2D eigenvalue weighted by molar-refractivity contribution is -0.140. The minimum Gasteiger partial charge on any atom is -0.480 e. The first-order chi connectivity index (χ1) is 15.5. The molecule has 0 spiro atoms. The zero-order chi connectivity index (χ0) is 22.7. The van der Waals surface area contributed by atoms with Crippen LogP contribution in [0, 0.1) is 5.92 Å². The fraction of sp³-hybridized carbons (Fsp3) is 0.458. The Morgan fingerprint density at radius 1 is 1.28 bits per heavy atom. The summed E-state index contributed by atoms with van der Waals surface area (Å²) in [6.07, 6.45) is 9.96. The topological polar surface area (TPSA) is 109 Å². The molecule has 4 rings (SSSR count). The number of hydrogen-bond acceptors (Lipinski definition) is 5. The predicted octanol–water partition coefficient (Wildman–Crippen LogP) is 4.57. The minimum atomic E-state index is -1.03. The first kappa shape index (κ1) is 21.9. The molecule has 1 fully saturated rings. The molecule has 8 heteroatoms. The molecule has 0 aliphatic heterocycles. The van der Waals surface area contributed by atoms with Crippen LogP contribution in [-0.4, -0.2) is 38.5 Å². The molecule has 3 N–H and O–H groups in total. The molecule has 32 heavy (non-hydrogen) atoms. The third kappa shape index (κ3) is 4.49. The van der Waals surface area contributed by atoms with E-state index in [0.717, 1.165) is 18.7 Å². The molecule has 1 amide bonds. The number of furan rings is 1. The van der Waals surface area contributed by atoms with Gasteiger partial charge in [0.05, 0.1) is 6.26 Å². The van der Waals surface area contributed by atoms with Crippen LogP contribution in [0.15, 0.2) is 41.1 Å². The molecule has 2 atom stereocenters. The van der Waals surface area contributed by atoms with Crippen molar-refractivity contribution in [3.8, 4) is 11.5 Å². The van der Waals surface area contributed by atoms with E-state index in [1.807, 2.05) is 30.4 Å². The van der Waals surface area contributed by atoms with Gasteiger partial charge in [0.2, 0.25) is 0 Å². The Kier molecular flexibility index (Phi) is 6.48. The van der Waals surface area contributed by atoms with Gasteiger partial charge < -0.3 is 20.2 Å². The van der Waals surface area contributed by atoms with Gasteiger partial charge in [0.15, 0.2) is 5.76 Å². The number of carbonyl (C=O) groups is 2. The van der Waals surface area contributed by atoms with E-state index in [4.69, 9.17) is 9.40 Å². The molecule has 0 bridgehead atoms. The zero-order valence-corrected chi connectivity index (χ0v) is 18.5. The SMILES string of the molecule is CCC(C)C(NC(=O)c1ccn2c(NC3CCCCC3)c(-c3ccco3)nc2c1)C(=O)O. The van der Waals surface area contributed by atoms with Crippen LogP contribution in [0.25, 0.3) is 17.1 Å². The number of pyridine rings is 1. The minimum absolute atomic E-state index is 0.177. The number of fused-ring (bicyclic) bond motifs is 1.